The number of rotatable bonds is 6. The maximum atomic E-state index is 13.4. The monoisotopic (exact) mass is 453 g/mol. The first kappa shape index (κ1) is 22.3. The minimum absolute atomic E-state index is 0.129. The number of amides is 1. The molecule has 4 rings (SSSR count). The highest BCUT2D eigenvalue weighted by atomic mass is 32.2. The van der Waals surface area contributed by atoms with E-state index in [1.165, 1.54) is 11.8 Å². The van der Waals surface area contributed by atoms with Gasteiger partial charge in [-0.25, -0.2) is 0 Å². The van der Waals surface area contributed by atoms with E-state index < -0.39 is 5.92 Å². The lowest BCUT2D eigenvalue weighted by molar-refractivity contribution is -0.113. The number of hydrogen-bond donors (Lipinski definition) is 3. The molecule has 0 spiro atoms. The lowest BCUT2D eigenvalue weighted by Gasteiger charge is -2.30. The van der Waals surface area contributed by atoms with Crippen molar-refractivity contribution in [3.63, 3.8) is 0 Å². The second kappa shape index (κ2) is 10.1. The molecule has 1 atom stereocenters. The van der Waals surface area contributed by atoms with Crippen molar-refractivity contribution < 1.29 is 9.90 Å². The number of thioether (sulfide) groups is 1. The van der Waals surface area contributed by atoms with Crippen molar-refractivity contribution in [3.8, 4) is 11.8 Å². The molecule has 0 radical (unpaired) electrons. The molecule has 0 saturated heterocycles. The van der Waals surface area contributed by atoms with Crippen LogP contribution in [-0.4, -0.2) is 11.0 Å². The molecule has 0 fully saturated rings. The third-order valence-corrected chi connectivity index (χ3v) is 6.46. The predicted octanol–water partition coefficient (Wildman–Crippen LogP) is 5.66. The molecule has 1 heterocycles. The van der Waals surface area contributed by atoms with Gasteiger partial charge in [0.2, 0.25) is 0 Å². The summed E-state index contributed by atoms with van der Waals surface area (Å²) in [5, 5.41) is 26.9. The fourth-order valence-electron chi connectivity index (χ4n) is 3.78. The second-order valence-electron chi connectivity index (χ2n) is 7.64. The Morgan fingerprint density at radius 2 is 1.67 bits per heavy atom. The number of nitrogens with one attached hydrogen (secondary N) is 2. The summed E-state index contributed by atoms with van der Waals surface area (Å²) in [4.78, 5) is 13.4. The fourth-order valence-corrected chi connectivity index (χ4v) is 4.82. The van der Waals surface area contributed by atoms with Crippen LogP contribution in [0.3, 0.4) is 0 Å². The average molecular weight is 454 g/mol. The molecule has 3 N–H and O–H groups in total. The Morgan fingerprint density at radius 3 is 2.30 bits per heavy atom. The summed E-state index contributed by atoms with van der Waals surface area (Å²) < 4.78 is 0. The number of carbonyl (C=O) groups is 1. The molecule has 0 unspecified atom stereocenters. The number of phenolic OH excluding ortho intramolecular Hbond substituents is 1. The molecule has 1 aliphatic heterocycles. The van der Waals surface area contributed by atoms with Gasteiger partial charge in [-0.15, -0.1) is 11.8 Å². The standard InChI is InChI=1S/C27H23N3O2S/c1-18-24(26(32)30-21-10-6-3-7-11-21)25(20-12-14-22(31)15-13-20)23(16-28)27(29-18)33-17-19-8-4-2-5-9-19/h2-15,25,29,31H,17H2,1H3,(H,30,32)/t25-/m0/s1. The van der Waals surface area contributed by atoms with Crippen molar-refractivity contribution >= 4 is 23.4 Å². The average Bonchev–Trinajstić information content (AvgIpc) is 2.84. The van der Waals surface area contributed by atoms with Crippen LogP contribution in [0, 0.1) is 11.3 Å². The number of allylic oxidation sites excluding steroid dienone is 2. The highest BCUT2D eigenvalue weighted by Crippen LogP contribution is 2.41. The van der Waals surface area contributed by atoms with Gasteiger partial charge in [-0.1, -0.05) is 60.7 Å². The van der Waals surface area contributed by atoms with Crippen LogP contribution in [0.5, 0.6) is 5.75 Å². The van der Waals surface area contributed by atoms with E-state index in [9.17, 15) is 15.2 Å². The molecule has 0 bridgehead atoms. The highest BCUT2D eigenvalue weighted by molar-refractivity contribution is 8.02. The first-order valence-corrected chi connectivity index (χ1v) is 11.5. The third-order valence-electron chi connectivity index (χ3n) is 5.38. The van der Waals surface area contributed by atoms with Gasteiger partial charge in [0.15, 0.2) is 0 Å². The predicted molar refractivity (Wildman–Crippen MR) is 132 cm³/mol. The molecule has 5 nitrogen and oxygen atoms in total. The largest absolute Gasteiger partial charge is 0.508 e. The Hall–Kier alpha value is -3.95. The van der Waals surface area contributed by atoms with Gasteiger partial charge in [0.25, 0.3) is 5.91 Å². The molecule has 0 aromatic heterocycles. The van der Waals surface area contributed by atoms with Crippen LogP contribution in [-0.2, 0) is 10.5 Å². The second-order valence-corrected chi connectivity index (χ2v) is 8.62. The summed E-state index contributed by atoms with van der Waals surface area (Å²) in [6.45, 7) is 1.85. The fraction of sp³-hybridized carbons (Fsp3) is 0.111. The van der Waals surface area contributed by atoms with Crippen LogP contribution in [0.2, 0.25) is 0 Å². The zero-order valence-corrected chi connectivity index (χ0v) is 18.9. The van der Waals surface area contributed by atoms with Gasteiger partial charge in [0.1, 0.15) is 5.75 Å². The molecule has 0 aliphatic carbocycles. The molecular formula is C27H23N3O2S. The number of dihydropyridines is 1. The lowest BCUT2D eigenvalue weighted by atomic mass is 9.82. The van der Waals surface area contributed by atoms with Crippen molar-refractivity contribution in [1.29, 1.82) is 5.26 Å². The van der Waals surface area contributed by atoms with Crippen molar-refractivity contribution in [2.24, 2.45) is 0 Å². The zero-order valence-electron chi connectivity index (χ0n) is 18.1. The maximum absolute atomic E-state index is 13.4. The number of anilines is 1. The number of hydrogen-bond acceptors (Lipinski definition) is 5. The van der Waals surface area contributed by atoms with Gasteiger partial charge in [-0.2, -0.15) is 5.26 Å². The Balaban J connectivity index is 1.72. The Labute approximate surface area is 197 Å². The SMILES string of the molecule is CC1=C(C(=O)Nc2ccccc2)[C@@H](c2ccc(O)cc2)C(C#N)=C(SCc2ccccc2)N1. The first-order valence-electron chi connectivity index (χ1n) is 10.5. The maximum Gasteiger partial charge on any atom is 0.254 e. The van der Waals surface area contributed by atoms with Gasteiger partial charge in [-0.3, -0.25) is 4.79 Å². The van der Waals surface area contributed by atoms with Gasteiger partial charge in [0, 0.05) is 22.7 Å². The van der Waals surface area contributed by atoms with Crippen molar-refractivity contribution in [3.05, 3.63) is 118 Å². The summed E-state index contributed by atoms with van der Waals surface area (Å²) in [7, 11) is 0. The van der Waals surface area contributed by atoms with E-state index in [0.717, 1.165) is 16.2 Å². The number of nitrogens with zero attached hydrogens (tertiary/aromatic N) is 1. The number of nitriles is 1. The van der Waals surface area contributed by atoms with Crippen LogP contribution in [0.25, 0.3) is 0 Å². The summed E-state index contributed by atoms with van der Waals surface area (Å²) in [6, 6.07) is 28.3. The topological polar surface area (TPSA) is 85.2 Å². The number of phenols is 1. The minimum atomic E-state index is -0.557. The van der Waals surface area contributed by atoms with Crippen LogP contribution in [0.15, 0.2) is 107 Å². The van der Waals surface area contributed by atoms with E-state index in [4.69, 9.17) is 0 Å². The third kappa shape index (κ3) is 5.11. The molecule has 3 aromatic rings. The van der Waals surface area contributed by atoms with Gasteiger partial charge >= 0.3 is 0 Å². The van der Waals surface area contributed by atoms with Crippen molar-refractivity contribution in [2.45, 2.75) is 18.6 Å². The quantitative estimate of drug-likeness (QED) is 0.448. The number of carbonyl (C=O) groups excluding carboxylic acids is 1. The lowest BCUT2D eigenvalue weighted by Crippen LogP contribution is -2.30. The Morgan fingerprint density at radius 1 is 1.03 bits per heavy atom. The highest BCUT2D eigenvalue weighted by Gasteiger charge is 2.34. The smallest absolute Gasteiger partial charge is 0.254 e. The number of aromatic hydroxyl groups is 1. The van der Waals surface area contributed by atoms with Crippen LogP contribution in [0.4, 0.5) is 5.69 Å². The number of para-hydroxylation sites is 1. The normalized spacial score (nSPS) is 15.6. The van der Waals surface area contributed by atoms with Gasteiger partial charge in [-0.05, 0) is 42.3 Å². The van der Waals surface area contributed by atoms with E-state index in [-0.39, 0.29) is 11.7 Å². The molecule has 1 aliphatic rings. The van der Waals surface area contributed by atoms with Crippen LogP contribution < -0.4 is 10.6 Å². The Kier molecular flexibility index (Phi) is 6.82. The zero-order chi connectivity index (χ0) is 23.2. The van der Waals surface area contributed by atoms with E-state index in [1.807, 2.05) is 67.6 Å². The number of benzene rings is 3. The van der Waals surface area contributed by atoms with E-state index in [2.05, 4.69) is 16.7 Å². The summed E-state index contributed by atoms with van der Waals surface area (Å²) in [5.74, 6) is -0.0111. The van der Waals surface area contributed by atoms with Crippen LogP contribution in [0.1, 0.15) is 24.0 Å². The van der Waals surface area contributed by atoms with Gasteiger partial charge in [0.05, 0.1) is 22.6 Å². The summed E-state index contributed by atoms with van der Waals surface area (Å²) in [5.41, 5.74) is 4.23. The summed E-state index contributed by atoms with van der Waals surface area (Å²) >= 11 is 1.54. The summed E-state index contributed by atoms with van der Waals surface area (Å²) in [6.07, 6.45) is 0. The van der Waals surface area contributed by atoms with E-state index >= 15 is 0 Å². The Bertz CT molecular complexity index is 1240. The molecule has 0 saturated carbocycles. The van der Waals surface area contributed by atoms with Gasteiger partial charge < -0.3 is 15.7 Å². The molecular weight excluding hydrogens is 430 g/mol. The molecule has 6 heteroatoms. The molecule has 33 heavy (non-hydrogen) atoms. The van der Waals surface area contributed by atoms with E-state index in [0.29, 0.717) is 28.3 Å². The van der Waals surface area contributed by atoms with Crippen molar-refractivity contribution in [1.82, 2.24) is 5.32 Å². The molecule has 164 valence electrons. The van der Waals surface area contributed by atoms with Crippen LogP contribution >= 0.6 is 11.8 Å². The van der Waals surface area contributed by atoms with Crippen molar-refractivity contribution in [2.75, 3.05) is 5.32 Å². The van der Waals surface area contributed by atoms with E-state index in [1.54, 1.807) is 24.3 Å². The minimum Gasteiger partial charge on any atom is -0.508 e. The first-order chi connectivity index (χ1) is 16.1. The molecule has 1 amide bonds. The molecule has 3 aromatic carbocycles.